The first-order chi connectivity index (χ1) is 11.3. The molecule has 1 aliphatic heterocycles. The van der Waals surface area contributed by atoms with E-state index in [4.69, 9.17) is 10.4 Å². The zero-order valence-electron chi connectivity index (χ0n) is 13.2. The van der Waals surface area contributed by atoms with Gasteiger partial charge >= 0.3 is 5.97 Å². The van der Waals surface area contributed by atoms with Crippen LogP contribution in [0.25, 0.3) is 0 Å². The number of nitriles is 1. The van der Waals surface area contributed by atoms with Gasteiger partial charge in [-0.1, -0.05) is 0 Å². The van der Waals surface area contributed by atoms with Crippen LogP contribution in [0, 0.1) is 11.3 Å². The number of hydrogen-bond acceptors (Lipinski definition) is 5. The molecule has 0 saturated carbocycles. The second-order valence-electron chi connectivity index (χ2n) is 5.86. The Bertz CT molecular complexity index is 779. The van der Waals surface area contributed by atoms with Crippen LogP contribution in [0.3, 0.4) is 0 Å². The minimum absolute atomic E-state index is 0.159. The summed E-state index contributed by atoms with van der Waals surface area (Å²) in [5.41, 5.74) is -0.307. The highest BCUT2D eigenvalue weighted by molar-refractivity contribution is 14.1. The average Bonchev–Trinajstić information content (AvgIpc) is 2.96. The Balaban J connectivity index is 2.20. The minimum atomic E-state index is -1.35. The SMILES string of the molecule is C/C(CN1CCC[C@H]1Cn1cc(O)c(=O)c(C(=O)O)c1)=C(\I)C#N. The van der Waals surface area contributed by atoms with Gasteiger partial charge in [0.15, 0.2) is 5.75 Å². The standard InChI is InChI=1S/C16H18IN3O4/c1-10(13(17)5-18)6-20-4-2-3-11(20)7-19-8-12(16(23)24)15(22)14(21)9-19/h8-9,11,21H,2-4,6-7H2,1H3,(H,23,24)/b13-10+/t11-/m0/s1. The van der Waals surface area contributed by atoms with E-state index in [0.29, 0.717) is 16.7 Å². The Morgan fingerprint density at radius 2 is 2.21 bits per heavy atom. The van der Waals surface area contributed by atoms with Gasteiger partial charge in [-0.15, -0.1) is 0 Å². The Labute approximate surface area is 153 Å². The fourth-order valence-corrected chi connectivity index (χ4v) is 3.07. The molecule has 1 atom stereocenters. The van der Waals surface area contributed by atoms with E-state index in [9.17, 15) is 14.7 Å². The van der Waals surface area contributed by atoms with Crippen molar-refractivity contribution in [3.8, 4) is 11.8 Å². The topological polar surface area (TPSA) is 107 Å². The number of hydrogen-bond donors (Lipinski definition) is 2. The van der Waals surface area contributed by atoms with Crippen molar-refractivity contribution in [2.75, 3.05) is 13.1 Å². The number of pyridine rings is 1. The van der Waals surface area contributed by atoms with E-state index in [1.54, 1.807) is 4.57 Å². The highest BCUT2D eigenvalue weighted by atomic mass is 127. The zero-order chi connectivity index (χ0) is 17.9. The molecule has 8 heteroatoms. The molecule has 0 aromatic carbocycles. The molecule has 0 spiro atoms. The van der Waals surface area contributed by atoms with Crippen LogP contribution >= 0.6 is 22.6 Å². The fourth-order valence-electron chi connectivity index (χ4n) is 2.90. The smallest absolute Gasteiger partial charge is 0.341 e. The molecular formula is C16H18IN3O4. The van der Waals surface area contributed by atoms with Crippen molar-refractivity contribution in [3.63, 3.8) is 0 Å². The molecule has 0 unspecified atom stereocenters. The Morgan fingerprint density at radius 1 is 1.50 bits per heavy atom. The predicted octanol–water partition coefficient (Wildman–Crippen LogP) is 1.95. The summed E-state index contributed by atoms with van der Waals surface area (Å²) in [6.45, 7) is 3.97. The van der Waals surface area contributed by atoms with Crippen LogP contribution in [0.15, 0.2) is 26.3 Å². The van der Waals surface area contributed by atoms with Gasteiger partial charge in [-0.05, 0) is 54.5 Å². The van der Waals surface area contributed by atoms with Gasteiger partial charge in [0.25, 0.3) is 0 Å². The number of halogens is 1. The van der Waals surface area contributed by atoms with E-state index in [2.05, 4.69) is 11.0 Å². The molecule has 1 fully saturated rings. The van der Waals surface area contributed by atoms with Crippen molar-refractivity contribution in [2.24, 2.45) is 0 Å². The van der Waals surface area contributed by atoms with E-state index in [0.717, 1.165) is 25.0 Å². The predicted molar refractivity (Wildman–Crippen MR) is 96.3 cm³/mol. The first-order valence-corrected chi connectivity index (χ1v) is 8.57. The number of nitrogens with zero attached hydrogens (tertiary/aromatic N) is 3. The third-order valence-corrected chi connectivity index (χ3v) is 5.29. The first-order valence-electron chi connectivity index (χ1n) is 7.49. The average molecular weight is 443 g/mol. The molecule has 2 rings (SSSR count). The zero-order valence-corrected chi connectivity index (χ0v) is 15.4. The van der Waals surface area contributed by atoms with Gasteiger partial charge in [-0.25, -0.2) is 4.79 Å². The van der Waals surface area contributed by atoms with Crippen molar-refractivity contribution in [1.29, 1.82) is 5.26 Å². The number of likely N-dealkylation sites (tertiary alicyclic amines) is 1. The van der Waals surface area contributed by atoms with E-state index >= 15 is 0 Å². The summed E-state index contributed by atoms with van der Waals surface area (Å²) in [5, 5.41) is 27.7. The Hall–Kier alpha value is -1.86. The number of allylic oxidation sites excluding steroid dienone is 1. The summed E-state index contributed by atoms with van der Waals surface area (Å²) < 4.78 is 2.23. The summed E-state index contributed by atoms with van der Waals surface area (Å²) in [5.74, 6) is -1.91. The maximum Gasteiger partial charge on any atom is 0.341 e. The maximum absolute atomic E-state index is 11.6. The quantitative estimate of drug-likeness (QED) is 0.533. The molecule has 128 valence electrons. The third-order valence-electron chi connectivity index (χ3n) is 4.12. The Kier molecular flexibility index (Phi) is 6.01. The second-order valence-corrected chi connectivity index (χ2v) is 6.94. The number of aromatic hydroxyl groups is 1. The highest BCUT2D eigenvalue weighted by Crippen LogP contribution is 2.22. The largest absolute Gasteiger partial charge is 0.503 e. The Morgan fingerprint density at radius 3 is 2.83 bits per heavy atom. The van der Waals surface area contributed by atoms with Gasteiger partial charge in [0.2, 0.25) is 5.43 Å². The number of carbonyl (C=O) groups is 1. The molecule has 0 aliphatic carbocycles. The highest BCUT2D eigenvalue weighted by Gasteiger charge is 2.25. The van der Waals surface area contributed by atoms with Gasteiger partial charge in [0, 0.05) is 31.5 Å². The monoisotopic (exact) mass is 443 g/mol. The summed E-state index contributed by atoms with van der Waals surface area (Å²) in [4.78, 5) is 25.0. The first kappa shape index (κ1) is 18.5. The van der Waals surface area contributed by atoms with Crippen LogP contribution in [0.5, 0.6) is 5.75 Å². The van der Waals surface area contributed by atoms with Crippen LogP contribution in [-0.2, 0) is 6.54 Å². The number of rotatable bonds is 5. The van der Waals surface area contributed by atoms with Crippen molar-refractivity contribution in [2.45, 2.75) is 32.4 Å². The lowest BCUT2D eigenvalue weighted by atomic mass is 10.2. The van der Waals surface area contributed by atoms with Crippen LogP contribution in [0.1, 0.15) is 30.1 Å². The van der Waals surface area contributed by atoms with Crippen LogP contribution in [0.4, 0.5) is 0 Å². The van der Waals surface area contributed by atoms with Crippen LogP contribution in [0.2, 0.25) is 0 Å². The van der Waals surface area contributed by atoms with Crippen molar-refractivity contribution >= 4 is 28.6 Å². The lowest BCUT2D eigenvalue weighted by molar-refractivity contribution is 0.0693. The van der Waals surface area contributed by atoms with E-state index in [1.807, 2.05) is 29.5 Å². The number of carboxylic acids is 1. The van der Waals surface area contributed by atoms with Gasteiger partial charge < -0.3 is 14.8 Å². The molecule has 2 heterocycles. The third kappa shape index (κ3) is 4.15. The number of carboxylic acid groups (broad SMARTS) is 1. The molecule has 0 bridgehead atoms. The fraction of sp³-hybridized carbons (Fsp3) is 0.438. The second kappa shape index (κ2) is 7.81. The molecule has 1 aromatic heterocycles. The maximum atomic E-state index is 11.6. The van der Waals surface area contributed by atoms with Gasteiger partial charge in [0.05, 0.1) is 3.58 Å². The van der Waals surface area contributed by atoms with E-state index < -0.39 is 22.7 Å². The molecular weight excluding hydrogens is 425 g/mol. The molecule has 1 saturated heterocycles. The molecule has 0 amide bonds. The van der Waals surface area contributed by atoms with E-state index in [-0.39, 0.29) is 6.04 Å². The minimum Gasteiger partial charge on any atom is -0.503 e. The molecule has 2 N–H and O–H groups in total. The van der Waals surface area contributed by atoms with Crippen LogP contribution in [-0.4, -0.2) is 44.8 Å². The molecule has 1 aromatic rings. The van der Waals surface area contributed by atoms with Crippen molar-refractivity contribution < 1.29 is 15.0 Å². The van der Waals surface area contributed by atoms with Crippen molar-refractivity contribution in [1.82, 2.24) is 9.47 Å². The summed E-state index contributed by atoms with van der Waals surface area (Å²) in [6, 6.07) is 2.30. The normalized spacial score (nSPS) is 19.0. The van der Waals surface area contributed by atoms with Crippen molar-refractivity contribution in [3.05, 3.63) is 37.3 Å². The van der Waals surface area contributed by atoms with Crippen LogP contribution < -0.4 is 5.43 Å². The number of aromatic nitrogens is 1. The lowest BCUT2D eigenvalue weighted by Crippen LogP contribution is -2.34. The molecule has 0 radical (unpaired) electrons. The molecule has 24 heavy (non-hydrogen) atoms. The molecule has 1 aliphatic rings. The lowest BCUT2D eigenvalue weighted by Gasteiger charge is -2.26. The summed E-state index contributed by atoms with van der Waals surface area (Å²) in [6.07, 6.45) is 4.49. The summed E-state index contributed by atoms with van der Waals surface area (Å²) in [7, 11) is 0. The van der Waals surface area contributed by atoms with Gasteiger partial charge in [-0.3, -0.25) is 9.69 Å². The van der Waals surface area contributed by atoms with Gasteiger partial charge in [-0.2, -0.15) is 5.26 Å². The molecule has 7 nitrogen and oxygen atoms in total. The van der Waals surface area contributed by atoms with Gasteiger partial charge in [0.1, 0.15) is 11.6 Å². The number of aromatic carboxylic acids is 1. The van der Waals surface area contributed by atoms with E-state index in [1.165, 1.54) is 12.4 Å². The summed E-state index contributed by atoms with van der Waals surface area (Å²) >= 11 is 2.02.